The summed E-state index contributed by atoms with van der Waals surface area (Å²) in [5.74, 6) is 0.313. The van der Waals surface area contributed by atoms with E-state index in [4.69, 9.17) is 9.47 Å². The molecule has 2 N–H and O–H groups in total. The lowest BCUT2D eigenvalue weighted by atomic mass is 10.2. The SMILES string of the molecule is Cc1ccc(C=NNC(=O)CNC(=O)c2ccc3c(c2)OCO3)cc1. The highest BCUT2D eigenvalue weighted by molar-refractivity contribution is 5.97. The maximum absolute atomic E-state index is 12.1. The highest BCUT2D eigenvalue weighted by Crippen LogP contribution is 2.32. The number of carbonyl (C=O) groups is 2. The minimum atomic E-state index is -0.419. The van der Waals surface area contributed by atoms with E-state index in [1.54, 1.807) is 18.2 Å². The number of carbonyl (C=O) groups excluding carboxylic acids is 2. The van der Waals surface area contributed by atoms with E-state index < -0.39 is 5.91 Å². The van der Waals surface area contributed by atoms with Gasteiger partial charge in [-0.3, -0.25) is 9.59 Å². The van der Waals surface area contributed by atoms with E-state index in [1.165, 1.54) is 6.21 Å². The lowest BCUT2D eigenvalue weighted by molar-refractivity contribution is -0.120. The Morgan fingerprint density at radius 2 is 1.88 bits per heavy atom. The van der Waals surface area contributed by atoms with Crippen molar-refractivity contribution < 1.29 is 19.1 Å². The summed E-state index contributed by atoms with van der Waals surface area (Å²) in [4.78, 5) is 23.8. The van der Waals surface area contributed by atoms with Gasteiger partial charge in [-0.1, -0.05) is 29.8 Å². The molecule has 0 fully saturated rings. The van der Waals surface area contributed by atoms with Crippen molar-refractivity contribution in [1.82, 2.24) is 10.7 Å². The van der Waals surface area contributed by atoms with Crippen LogP contribution in [0.3, 0.4) is 0 Å². The van der Waals surface area contributed by atoms with Crippen molar-refractivity contribution >= 4 is 18.0 Å². The zero-order valence-electron chi connectivity index (χ0n) is 13.6. The van der Waals surface area contributed by atoms with Gasteiger partial charge in [-0.15, -0.1) is 0 Å². The second-order valence-electron chi connectivity index (χ2n) is 5.45. The molecule has 0 bridgehead atoms. The Kier molecular flexibility index (Phi) is 4.94. The summed E-state index contributed by atoms with van der Waals surface area (Å²) in [5.41, 5.74) is 4.77. The van der Waals surface area contributed by atoms with Crippen LogP contribution >= 0.6 is 0 Å². The van der Waals surface area contributed by atoms with E-state index in [1.807, 2.05) is 31.2 Å². The van der Waals surface area contributed by atoms with Crippen molar-refractivity contribution in [3.05, 3.63) is 59.2 Å². The first-order chi connectivity index (χ1) is 12.1. The first-order valence-electron chi connectivity index (χ1n) is 7.68. The quantitative estimate of drug-likeness (QED) is 0.640. The maximum atomic E-state index is 12.1. The average molecular weight is 339 g/mol. The number of ether oxygens (including phenoxy) is 2. The molecule has 1 heterocycles. The number of hydrogen-bond donors (Lipinski definition) is 2. The Hall–Kier alpha value is -3.35. The van der Waals surface area contributed by atoms with E-state index in [-0.39, 0.29) is 19.2 Å². The van der Waals surface area contributed by atoms with Crippen molar-refractivity contribution in [1.29, 1.82) is 0 Å². The van der Waals surface area contributed by atoms with Gasteiger partial charge in [0.1, 0.15) is 0 Å². The smallest absolute Gasteiger partial charge is 0.259 e. The molecule has 7 heteroatoms. The van der Waals surface area contributed by atoms with Gasteiger partial charge in [0.25, 0.3) is 11.8 Å². The molecule has 0 atom stereocenters. The highest BCUT2D eigenvalue weighted by Gasteiger charge is 2.16. The summed E-state index contributed by atoms with van der Waals surface area (Å²) in [6.45, 7) is 1.95. The number of nitrogens with one attached hydrogen (secondary N) is 2. The molecule has 0 saturated heterocycles. The van der Waals surface area contributed by atoms with Crippen LogP contribution in [0.25, 0.3) is 0 Å². The molecule has 1 aliphatic rings. The molecule has 0 aliphatic carbocycles. The van der Waals surface area contributed by atoms with Crippen LogP contribution < -0.4 is 20.2 Å². The van der Waals surface area contributed by atoms with Gasteiger partial charge in [-0.05, 0) is 30.7 Å². The number of nitrogens with zero attached hydrogens (tertiary/aromatic N) is 1. The summed E-state index contributed by atoms with van der Waals surface area (Å²) in [7, 11) is 0. The number of benzene rings is 2. The fraction of sp³-hybridized carbons (Fsp3) is 0.167. The molecular weight excluding hydrogens is 322 g/mol. The second kappa shape index (κ2) is 7.48. The van der Waals surface area contributed by atoms with Crippen molar-refractivity contribution in [3.8, 4) is 11.5 Å². The Morgan fingerprint density at radius 1 is 1.12 bits per heavy atom. The fourth-order valence-corrected chi connectivity index (χ4v) is 2.17. The van der Waals surface area contributed by atoms with Crippen LogP contribution in [-0.2, 0) is 4.79 Å². The zero-order valence-corrected chi connectivity index (χ0v) is 13.6. The predicted octanol–water partition coefficient (Wildman–Crippen LogP) is 1.60. The van der Waals surface area contributed by atoms with Crippen LogP contribution in [0, 0.1) is 6.92 Å². The Morgan fingerprint density at radius 3 is 2.68 bits per heavy atom. The van der Waals surface area contributed by atoms with Gasteiger partial charge >= 0.3 is 0 Å². The lowest BCUT2D eigenvalue weighted by Crippen LogP contribution is -2.34. The van der Waals surface area contributed by atoms with Gasteiger partial charge in [0.05, 0.1) is 12.8 Å². The Balaban J connectivity index is 1.47. The number of hydrogen-bond acceptors (Lipinski definition) is 5. The summed E-state index contributed by atoms with van der Waals surface area (Å²) in [6, 6.07) is 12.5. The largest absolute Gasteiger partial charge is 0.454 e. The van der Waals surface area contributed by atoms with Gasteiger partial charge in [-0.2, -0.15) is 5.10 Å². The molecule has 2 aromatic rings. The predicted molar refractivity (Wildman–Crippen MR) is 91.8 cm³/mol. The molecule has 2 amide bonds. The number of hydrazone groups is 1. The van der Waals surface area contributed by atoms with E-state index >= 15 is 0 Å². The molecule has 0 spiro atoms. The Bertz CT molecular complexity index is 816. The molecular formula is C18H17N3O4. The summed E-state index contributed by atoms with van der Waals surface area (Å²) in [6.07, 6.45) is 1.54. The van der Waals surface area contributed by atoms with Gasteiger partial charge < -0.3 is 14.8 Å². The third-order valence-electron chi connectivity index (χ3n) is 3.52. The third kappa shape index (κ3) is 4.35. The van der Waals surface area contributed by atoms with Crippen LogP contribution in [0.4, 0.5) is 0 Å². The van der Waals surface area contributed by atoms with Gasteiger partial charge in [0, 0.05) is 5.56 Å². The van der Waals surface area contributed by atoms with Crippen LogP contribution in [0.5, 0.6) is 11.5 Å². The minimum absolute atomic E-state index is 0.141. The number of fused-ring (bicyclic) bond motifs is 1. The molecule has 7 nitrogen and oxygen atoms in total. The lowest BCUT2D eigenvalue weighted by Gasteiger charge is -2.05. The molecule has 0 unspecified atom stereocenters. The van der Waals surface area contributed by atoms with Crippen molar-refractivity contribution in [2.75, 3.05) is 13.3 Å². The minimum Gasteiger partial charge on any atom is -0.454 e. The summed E-state index contributed by atoms with van der Waals surface area (Å²) in [5, 5.41) is 6.38. The molecule has 0 aromatic heterocycles. The van der Waals surface area contributed by atoms with Crippen molar-refractivity contribution in [3.63, 3.8) is 0 Å². The van der Waals surface area contributed by atoms with E-state index in [2.05, 4.69) is 15.8 Å². The van der Waals surface area contributed by atoms with Gasteiger partial charge in [0.2, 0.25) is 6.79 Å². The van der Waals surface area contributed by atoms with Crippen molar-refractivity contribution in [2.45, 2.75) is 6.92 Å². The summed E-state index contributed by atoms with van der Waals surface area (Å²) >= 11 is 0. The van der Waals surface area contributed by atoms with Crippen molar-refractivity contribution in [2.24, 2.45) is 5.10 Å². The standard InChI is InChI=1S/C18H17N3O4/c1-12-2-4-13(5-3-12)9-20-21-17(22)10-19-18(23)14-6-7-15-16(8-14)25-11-24-15/h2-9H,10-11H2,1H3,(H,19,23)(H,21,22). The molecule has 0 radical (unpaired) electrons. The molecule has 128 valence electrons. The van der Waals surface area contributed by atoms with Gasteiger partial charge in [0.15, 0.2) is 11.5 Å². The van der Waals surface area contributed by atoms with Crippen LogP contribution in [0.2, 0.25) is 0 Å². The normalized spacial score (nSPS) is 12.2. The number of rotatable bonds is 5. The first kappa shape index (κ1) is 16.5. The zero-order chi connectivity index (χ0) is 17.6. The molecule has 3 rings (SSSR count). The first-order valence-corrected chi connectivity index (χ1v) is 7.68. The number of aryl methyl sites for hydroxylation is 1. The van der Waals surface area contributed by atoms with Crippen LogP contribution in [0.15, 0.2) is 47.6 Å². The monoisotopic (exact) mass is 339 g/mol. The fourth-order valence-electron chi connectivity index (χ4n) is 2.17. The Labute approximate surface area is 144 Å². The second-order valence-corrected chi connectivity index (χ2v) is 5.45. The molecule has 2 aromatic carbocycles. The van der Waals surface area contributed by atoms with E-state index in [0.29, 0.717) is 17.1 Å². The van der Waals surface area contributed by atoms with Crippen LogP contribution in [-0.4, -0.2) is 31.4 Å². The maximum Gasteiger partial charge on any atom is 0.259 e. The topological polar surface area (TPSA) is 89.0 Å². The molecule has 25 heavy (non-hydrogen) atoms. The third-order valence-corrected chi connectivity index (χ3v) is 3.52. The average Bonchev–Trinajstić information content (AvgIpc) is 3.09. The van der Waals surface area contributed by atoms with Gasteiger partial charge in [-0.25, -0.2) is 5.43 Å². The molecule has 0 saturated carbocycles. The van der Waals surface area contributed by atoms with E-state index in [9.17, 15) is 9.59 Å². The van der Waals surface area contributed by atoms with Crippen LogP contribution in [0.1, 0.15) is 21.5 Å². The summed E-state index contributed by atoms with van der Waals surface area (Å²) < 4.78 is 10.4. The highest BCUT2D eigenvalue weighted by atomic mass is 16.7. The molecule has 1 aliphatic heterocycles. The van der Waals surface area contributed by atoms with E-state index in [0.717, 1.165) is 11.1 Å². The number of amides is 2.